The van der Waals surface area contributed by atoms with E-state index in [1.807, 2.05) is 0 Å². The highest BCUT2D eigenvalue weighted by Crippen LogP contribution is 2.31. The monoisotopic (exact) mass is 348 g/mol. The van der Waals surface area contributed by atoms with Crippen LogP contribution in [0.3, 0.4) is 0 Å². The first-order valence-electron chi connectivity index (χ1n) is 7.40. The molecule has 0 radical (unpaired) electrons. The number of pyridine rings is 1. The molecule has 9 heteroatoms. The summed E-state index contributed by atoms with van der Waals surface area (Å²) in [6, 6.07) is 5.80. The first-order chi connectivity index (χ1) is 11.9. The number of hydrogen-bond donors (Lipinski definition) is 2. The van der Waals surface area contributed by atoms with Gasteiger partial charge in [0.25, 0.3) is 5.91 Å². The van der Waals surface area contributed by atoms with Crippen LogP contribution in [0.4, 0.5) is 13.2 Å². The predicted octanol–water partition coefficient (Wildman–Crippen LogP) is 2.77. The zero-order valence-electron chi connectivity index (χ0n) is 12.6. The number of aromatic nitrogens is 3. The molecular formula is C16H11F3N4O2. The molecule has 0 aliphatic carbocycles. The molecule has 0 bridgehead atoms. The van der Waals surface area contributed by atoms with Gasteiger partial charge in [0.1, 0.15) is 23.9 Å². The molecule has 0 saturated carbocycles. The first kappa shape index (κ1) is 15.4. The van der Waals surface area contributed by atoms with Crippen molar-refractivity contribution in [3.63, 3.8) is 0 Å². The van der Waals surface area contributed by atoms with Gasteiger partial charge in [-0.05, 0) is 24.3 Å². The quantitative estimate of drug-likeness (QED) is 0.709. The third kappa shape index (κ3) is 2.77. The Hall–Kier alpha value is -3.10. The Labute approximate surface area is 139 Å². The summed E-state index contributed by atoms with van der Waals surface area (Å²) in [4.78, 5) is 22.6. The van der Waals surface area contributed by atoms with Gasteiger partial charge in [-0.15, -0.1) is 0 Å². The average Bonchev–Trinajstić information content (AvgIpc) is 2.92. The number of nitrogens with zero attached hydrogens (tertiary/aromatic N) is 2. The summed E-state index contributed by atoms with van der Waals surface area (Å²) in [6.07, 6.45) is -3.44. The Morgan fingerprint density at radius 3 is 2.84 bits per heavy atom. The molecule has 1 aliphatic heterocycles. The molecule has 0 fully saturated rings. The molecule has 25 heavy (non-hydrogen) atoms. The Morgan fingerprint density at radius 1 is 1.20 bits per heavy atom. The van der Waals surface area contributed by atoms with Crippen molar-refractivity contribution in [2.24, 2.45) is 0 Å². The van der Waals surface area contributed by atoms with Crippen LogP contribution in [-0.4, -0.2) is 34.0 Å². The highest BCUT2D eigenvalue weighted by Gasteiger charge is 2.32. The zero-order chi connectivity index (χ0) is 17.6. The fourth-order valence-corrected chi connectivity index (χ4v) is 2.60. The molecule has 2 aromatic heterocycles. The van der Waals surface area contributed by atoms with E-state index in [4.69, 9.17) is 4.74 Å². The van der Waals surface area contributed by atoms with E-state index in [1.54, 1.807) is 18.2 Å². The second kappa shape index (κ2) is 5.47. The van der Waals surface area contributed by atoms with Crippen molar-refractivity contribution in [2.45, 2.75) is 6.18 Å². The van der Waals surface area contributed by atoms with Gasteiger partial charge in [-0.2, -0.15) is 13.2 Å². The molecule has 0 saturated heterocycles. The van der Waals surface area contributed by atoms with Gasteiger partial charge in [-0.1, -0.05) is 0 Å². The summed E-state index contributed by atoms with van der Waals surface area (Å²) >= 11 is 0. The molecule has 2 N–H and O–H groups in total. The molecule has 4 rings (SSSR count). The van der Waals surface area contributed by atoms with Crippen molar-refractivity contribution in [3.8, 4) is 17.1 Å². The Balaban J connectivity index is 1.78. The predicted molar refractivity (Wildman–Crippen MR) is 82.2 cm³/mol. The lowest BCUT2D eigenvalue weighted by Crippen LogP contribution is -2.24. The summed E-state index contributed by atoms with van der Waals surface area (Å²) < 4.78 is 43.7. The lowest BCUT2D eigenvalue weighted by Gasteiger charge is -2.06. The van der Waals surface area contributed by atoms with E-state index in [1.165, 1.54) is 0 Å². The van der Waals surface area contributed by atoms with Crippen LogP contribution < -0.4 is 10.1 Å². The number of carbonyl (C=O) groups is 1. The minimum atomic E-state index is -4.53. The van der Waals surface area contributed by atoms with Crippen LogP contribution >= 0.6 is 0 Å². The van der Waals surface area contributed by atoms with Gasteiger partial charge < -0.3 is 15.0 Å². The zero-order valence-corrected chi connectivity index (χ0v) is 12.6. The van der Waals surface area contributed by atoms with Crippen LogP contribution in [0.25, 0.3) is 22.4 Å². The molecule has 1 aromatic carbocycles. The van der Waals surface area contributed by atoms with Gasteiger partial charge >= 0.3 is 6.18 Å². The van der Waals surface area contributed by atoms with Gasteiger partial charge in [0.05, 0.1) is 29.3 Å². The molecular weight excluding hydrogens is 337 g/mol. The first-order valence-corrected chi connectivity index (χ1v) is 7.40. The SMILES string of the molecule is O=C1NCCOc2ccc(-c3nc4cc(C(F)(F)F)ncc4[nH]3)cc21. The van der Waals surface area contributed by atoms with Gasteiger partial charge in [0.15, 0.2) is 0 Å². The van der Waals surface area contributed by atoms with Crippen LogP contribution in [0.5, 0.6) is 5.75 Å². The summed E-state index contributed by atoms with van der Waals surface area (Å²) in [6.45, 7) is 0.772. The molecule has 1 amide bonds. The van der Waals surface area contributed by atoms with Crippen molar-refractivity contribution in [1.29, 1.82) is 0 Å². The molecule has 3 heterocycles. The number of fused-ring (bicyclic) bond motifs is 2. The fourth-order valence-electron chi connectivity index (χ4n) is 2.60. The van der Waals surface area contributed by atoms with Crippen molar-refractivity contribution >= 4 is 16.9 Å². The van der Waals surface area contributed by atoms with E-state index in [2.05, 4.69) is 20.3 Å². The number of nitrogens with one attached hydrogen (secondary N) is 2. The summed E-state index contributed by atoms with van der Waals surface area (Å²) in [5.41, 5.74) is 0.424. The van der Waals surface area contributed by atoms with Crippen molar-refractivity contribution in [2.75, 3.05) is 13.2 Å². The van der Waals surface area contributed by atoms with E-state index in [9.17, 15) is 18.0 Å². The maximum atomic E-state index is 12.8. The summed E-state index contributed by atoms with van der Waals surface area (Å²) in [5.74, 6) is 0.526. The fraction of sp³-hybridized carbons (Fsp3) is 0.188. The summed E-state index contributed by atoms with van der Waals surface area (Å²) in [5, 5.41) is 2.70. The number of rotatable bonds is 1. The van der Waals surface area contributed by atoms with Crippen LogP contribution in [0.2, 0.25) is 0 Å². The number of ether oxygens (including phenoxy) is 1. The van der Waals surface area contributed by atoms with Gasteiger partial charge in [0, 0.05) is 5.56 Å². The minimum Gasteiger partial charge on any atom is -0.491 e. The van der Waals surface area contributed by atoms with E-state index in [0.717, 1.165) is 12.3 Å². The highest BCUT2D eigenvalue weighted by atomic mass is 19.4. The van der Waals surface area contributed by atoms with Gasteiger partial charge in [-0.3, -0.25) is 4.79 Å². The summed E-state index contributed by atoms with van der Waals surface area (Å²) in [7, 11) is 0. The molecule has 0 unspecified atom stereocenters. The number of hydrogen-bond acceptors (Lipinski definition) is 4. The highest BCUT2D eigenvalue weighted by molar-refractivity contribution is 5.98. The van der Waals surface area contributed by atoms with E-state index < -0.39 is 11.9 Å². The normalized spacial score (nSPS) is 14.6. The number of amides is 1. The number of carbonyl (C=O) groups excluding carboxylic acids is 1. The molecule has 1 aliphatic rings. The Morgan fingerprint density at radius 2 is 2.04 bits per heavy atom. The largest absolute Gasteiger partial charge is 0.491 e. The van der Waals surface area contributed by atoms with E-state index in [-0.39, 0.29) is 11.4 Å². The average molecular weight is 348 g/mol. The molecule has 128 valence electrons. The number of halogens is 3. The van der Waals surface area contributed by atoms with Crippen molar-refractivity contribution in [3.05, 3.63) is 41.7 Å². The molecule has 6 nitrogen and oxygen atoms in total. The third-order valence-corrected chi connectivity index (χ3v) is 3.80. The van der Waals surface area contributed by atoms with Gasteiger partial charge in [-0.25, -0.2) is 9.97 Å². The minimum absolute atomic E-state index is 0.146. The van der Waals surface area contributed by atoms with E-state index >= 15 is 0 Å². The smallest absolute Gasteiger partial charge is 0.433 e. The number of alkyl halides is 3. The number of imidazole rings is 1. The Bertz CT molecular complexity index is 981. The number of aromatic amines is 1. The molecule has 0 spiro atoms. The topological polar surface area (TPSA) is 79.9 Å². The van der Waals surface area contributed by atoms with Crippen LogP contribution in [0.15, 0.2) is 30.5 Å². The van der Waals surface area contributed by atoms with Crippen LogP contribution in [0, 0.1) is 0 Å². The maximum absolute atomic E-state index is 12.8. The third-order valence-electron chi connectivity index (χ3n) is 3.80. The Kier molecular flexibility index (Phi) is 3.38. The van der Waals surface area contributed by atoms with E-state index in [0.29, 0.717) is 41.4 Å². The number of benzene rings is 1. The second-order valence-corrected chi connectivity index (χ2v) is 5.49. The van der Waals surface area contributed by atoms with Gasteiger partial charge in [0.2, 0.25) is 0 Å². The maximum Gasteiger partial charge on any atom is 0.433 e. The van der Waals surface area contributed by atoms with Crippen LogP contribution in [-0.2, 0) is 6.18 Å². The number of H-pyrrole nitrogens is 1. The standard InChI is InChI=1S/C16H11F3N4O2/c17-16(18,19)13-6-10-11(7-21-13)23-14(22-10)8-1-2-12-9(5-8)15(24)20-3-4-25-12/h1-2,5-7H,3-4H2,(H,20,24)(H,22,23). The lowest BCUT2D eigenvalue weighted by atomic mass is 10.1. The lowest BCUT2D eigenvalue weighted by molar-refractivity contribution is -0.141. The van der Waals surface area contributed by atoms with Crippen molar-refractivity contribution in [1.82, 2.24) is 20.3 Å². The molecule has 0 atom stereocenters. The van der Waals surface area contributed by atoms with Crippen LogP contribution in [0.1, 0.15) is 16.1 Å². The molecule has 3 aromatic rings. The van der Waals surface area contributed by atoms with Crippen molar-refractivity contribution < 1.29 is 22.7 Å². The second-order valence-electron chi connectivity index (χ2n) is 5.49.